The fraction of sp³-hybridized carbons (Fsp3) is 0.286. The molecule has 2 atom stereocenters. The molecule has 1 heterocycles. The number of carbonyl (C=O) groups excluding carboxylic acids is 1. The third kappa shape index (κ3) is 4.89. The van der Waals surface area contributed by atoms with Crippen molar-refractivity contribution in [1.29, 1.82) is 0 Å². The molecule has 124 valence electrons. The molecule has 1 aromatic carbocycles. The number of aliphatic hydroxyl groups excluding tert-OH is 1. The van der Waals surface area contributed by atoms with E-state index in [9.17, 15) is 9.90 Å². The lowest BCUT2D eigenvalue weighted by Gasteiger charge is -2.12. The monoisotopic (exact) mass is 511 g/mol. The number of anilines is 1. The highest BCUT2D eigenvalue weighted by molar-refractivity contribution is 14.2. The van der Waals surface area contributed by atoms with Crippen LogP contribution in [0.4, 0.5) is 5.69 Å². The summed E-state index contributed by atoms with van der Waals surface area (Å²) in [6, 6.07) is 5.63. The molecule has 0 aliphatic heterocycles. The summed E-state index contributed by atoms with van der Waals surface area (Å²) in [4.78, 5) is 12.6. The average Bonchev–Trinajstić information content (AvgIpc) is 2.91. The summed E-state index contributed by atoms with van der Waals surface area (Å²) >= 11 is 5.55. The molecule has 0 spiro atoms. The number of aliphatic hydroxyl groups is 1. The second-order valence-corrected chi connectivity index (χ2v) is 7.88. The van der Waals surface area contributed by atoms with E-state index in [0.717, 1.165) is 15.7 Å². The normalized spacial score (nSPS) is 12.6. The number of halogens is 2. The smallest absolute Gasteiger partial charge is 0.278 e. The molecule has 6 nitrogen and oxygen atoms in total. The van der Waals surface area contributed by atoms with Crippen molar-refractivity contribution in [1.82, 2.24) is 9.55 Å². The number of aryl methyl sites for hydroxylation is 1. The first kappa shape index (κ1) is 18.6. The molecule has 0 bridgehead atoms. The maximum absolute atomic E-state index is 12.6. The number of carbonyl (C=O) groups is 1. The molecular formula is C14H16BrIN3O3P. The van der Waals surface area contributed by atoms with Gasteiger partial charge in [0.25, 0.3) is 5.91 Å². The number of ether oxygens (including phenoxy) is 1. The summed E-state index contributed by atoms with van der Waals surface area (Å²) in [7, 11) is 0. The van der Waals surface area contributed by atoms with Crippen LogP contribution in [0.25, 0.3) is 0 Å². The Bertz CT molecular complexity index is 709. The van der Waals surface area contributed by atoms with Gasteiger partial charge < -0.3 is 15.2 Å². The maximum Gasteiger partial charge on any atom is 0.278 e. The van der Waals surface area contributed by atoms with E-state index >= 15 is 0 Å². The quantitative estimate of drug-likeness (QED) is 0.457. The van der Waals surface area contributed by atoms with Crippen molar-refractivity contribution in [3.8, 4) is 5.75 Å². The van der Waals surface area contributed by atoms with Crippen molar-refractivity contribution in [3.05, 3.63) is 40.1 Å². The Hall–Kier alpha value is -0.700. The first-order valence-electron chi connectivity index (χ1n) is 6.75. The standard InChI is InChI=1S/C14H16BrIN3O3P/c1-8-5-10(15)3-4-11(8)18-14(21)13-12(22-7-9(2)20)6-17-19(13)23-16/h3-6,9,20,23H,7H2,1-2H3,(H,18,21). The predicted octanol–water partition coefficient (Wildman–Crippen LogP) is 3.76. The molecule has 0 aliphatic carbocycles. The molecule has 0 fully saturated rings. The Morgan fingerprint density at radius 2 is 2.35 bits per heavy atom. The van der Waals surface area contributed by atoms with Gasteiger partial charge in [-0.3, -0.25) is 4.79 Å². The molecule has 2 rings (SSSR count). The molecule has 0 saturated carbocycles. The lowest BCUT2D eigenvalue weighted by atomic mass is 10.2. The van der Waals surface area contributed by atoms with Gasteiger partial charge in [-0.1, -0.05) is 15.9 Å². The fourth-order valence-electron chi connectivity index (χ4n) is 1.87. The van der Waals surface area contributed by atoms with Crippen molar-refractivity contribution in [2.45, 2.75) is 20.0 Å². The molecule has 0 aliphatic rings. The van der Waals surface area contributed by atoms with Crippen molar-refractivity contribution in [2.24, 2.45) is 0 Å². The molecule has 1 aromatic heterocycles. The number of amides is 1. The number of aromatic nitrogens is 2. The van der Waals surface area contributed by atoms with E-state index in [-0.39, 0.29) is 18.9 Å². The van der Waals surface area contributed by atoms with Crippen LogP contribution in [-0.2, 0) is 0 Å². The Labute approximate surface area is 157 Å². The van der Waals surface area contributed by atoms with Crippen LogP contribution in [0.1, 0.15) is 23.0 Å². The molecular weight excluding hydrogens is 496 g/mol. The minimum atomic E-state index is -0.620. The Morgan fingerprint density at radius 1 is 1.61 bits per heavy atom. The van der Waals surface area contributed by atoms with Crippen molar-refractivity contribution in [2.75, 3.05) is 11.9 Å². The van der Waals surface area contributed by atoms with E-state index in [1.165, 1.54) is 6.20 Å². The first-order valence-corrected chi connectivity index (χ1v) is 11.6. The summed E-state index contributed by atoms with van der Waals surface area (Å²) < 4.78 is 8.03. The highest BCUT2D eigenvalue weighted by Gasteiger charge is 2.21. The lowest BCUT2D eigenvalue weighted by molar-refractivity contribution is 0.0998. The van der Waals surface area contributed by atoms with E-state index in [1.54, 1.807) is 11.4 Å². The van der Waals surface area contributed by atoms with Crippen molar-refractivity contribution < 1.29 is 14.6 Å². The minimum absolute atomic E-state index is 0.105. The van der Waals surface area contributed by atoms with Crippen LogP contribution in [0.2, 0.25) is 0 Å². The second kappa shape index (κ2) is 8.41. The summed E-state index contributed by atoms with van der Waals surface area (Å²) in [5, 5.41) is 16.4. The summed E-state index contributed by atoms with van der Waals surface area (Å²) in [5.74, 6) is 0.0695. The van der Waals surface area contributed by atoms with Gasteiger partial charge >= 0.3 is 0 Å². The van der Waals surface area contributed by atoms with E-state index in [1.807, 2.05) is 25.1 Å². The summed E-state index contributed by atoms with van der Waals surface area (Å²) in [6.45, 7) is 3.64. The topological polar surface area (TPSA) is 76.4 Å². The van der Waals surface area contributed by atoms with Crippen LogP contribution < -0.4 is 10.1 Å². The third-order valence-corrected chi connectivity index (χ3v) is 5.31. The molecule has 1 amide bonds. The second-order valence-electron chi connectivity index (χ2n) is 4.93. The molecule has 2 N–H and O–H groups in total. The van der Waals surface area contributed by atoms with E-state index in [0.29, 0.717) is 11.4 Å². The van der Waals surface area contributed by atoms with Gasteiger partial charge in [0.15, 0.2) is 11.4 Å². The molecule has 0 saturated heterocycles. The SMILES string of the molecule is Cc1cc(Br)ccc1NC(=O)c1c(OCC(C)O)cnn1PI. The number of nitrogens with zero attached hydrogens (tertiary/aromatic N) is 2. The zero-order chi connectivity index (χ0) is 17.0. The molecule has 2 unspecified atom stereocenters. The Balaban J connectivity index is 2.25. The third-order valence-electron chi connectivity index (χ3n) is 2.95. The van der Waals surface area contributed by atoms with Crippen LogP contribution in [0, 0.1) is 6.92 Å². The van der Waals surface area contributed by atoms with Gasteiger partial charge in [-0.15, -0.1) is 0 Å². The average molecular weight is 512 g/mol. The summed E-state index contributed by atoms with van der Waals surface area (Å²) in [6.07, 6.45) is 1.14. The van der Waals surface area contributed by atoms with E-state index in [4.69, 9.17) is 4.74 Å². The van der Waals surface area contributed by atoms with Crippen LogP contribution >= 0.6 is 44.3 Å². The van der Waals surface area contributed by atoms with Crippen molar-refractivity contribution in [3.63, 3.8) is 0 Å². The highest BCUT2D eigenvalue weighted by atomic mass is 127. The maximum atomic E-state index is 12.6. The number of hydrogen-bond acceptors (Lipinski definition) is 4. The van der Waals surface area contributed by atoms with Gasteiger partial charge in [-0.25, -0.2) is 4.45 Å². The zero-order valence-electron chi connectivity index (χ0n) is 12.5. The van der Waals surface area contributed by atoms with Crippen molar-refractivity contribution >= 4 is 55.9 Å². The molecule has 9 heteroatoms. The first-order chi connectivity index (χ1) is 10.9. The molecule has 0 radical (unpaired) electrons. The number of nitrogens with one attached hydrogen (secondary N) is 1. The van der Waals surface area contributed by atoms with Gasteiger partial charge in [-0.05, 0) is 59.7 Å². The lowest BCUT2D eigenvalue weighted by Crippen LogP contribution is -2.19. The predicted molar refractivity (Wildman–Crippen MR) is 104 cm³/mol. The van der Waals surface area contributed by atoms with Gasteiger partial charge in [0.1, 0.15) is 6.61 Å². The van der Waals surface area contributed by atoms with E-state index < -0.39 is 6.10 Å². The van der Waals surface area contributed by atoms with E-state index in [2.05, 4.69) is 48.4 Å². The number of rotatable bonds is 6. The summed E-state index contributed by atoms with van der Waals surface area (Å²) in [5.41, 5.74) is 2.02. The van der Waals surface area contributed by atoms with Crippen LogP contribution in [-0.4, -0.2) is 33.3 Å². The molecule has 2 aromatic rings. The Morgan fingerprint density at radius 3 is 2.96 bits per heavy atom. The largest absolute Gasteiger partial charge is 0.487 e. The highest BCUT2D eigenvalue weighted by Crippen LogP contribution is 2.31. The minimum Gasteiger partial charge on any atom is -0.487 e. The Kier molecular flexibility index (Phi) is 6.82. The number of hydrogen-bond donors (Lipinski definition) is 2. The molecule has 23 heavy (non-hydrogen) atoms. The van der Waals surface area contributed by atoms with Gasteiger partial charge in [0, 0.05) is 10.2 Å². The van der Waals surface area contributed by atoms with Crippen LogP contribution in [0.5, 0.6) is 5.75 Å². The van der Waals surface area contributed by atoms with Gasteiger partial charge in [0.05, 0.1) is 18.7 Å². The van der Waals surface area contributed by atoms with Crippen LogP contribution in [0.3, 0.4) is 0 Å². The number of benzene rings is 1. The van der Waals surface area contributed by atoms with Gasteiger partial charge in [-0.2, -0.15) is 5.10 Å². The van der Waals surface area contributed by atoms with Crippen LogP contribution in [0.15, 0.2) is 28.9 Å². The zero-order valence-corrected chi connectivity index (χ0v) is 17.3. The van der Waals surface area contributed by atoms with Gasteiger partial charge in [0.2, 0.25) is 0 Å². The fourth-order valence-corrected chi connectivity index (χ4v) is 3.84.